The number of hydrogen-bond donors (Lipinski definition) is 1. The molecule has 21 heavy (non-hydrogen) atoms. The van der Waals surface area contributed by atoms with E-state index in [9.17, 15) is 4.79 Å². The van der Waals surface area contributed by atoms with Crippen LogP contribution in [0.1, 0.15) is 24.1 Å². The molecule has 0 radical (unpaired) electrons. The summed E-state index contributed by atoms with van der Waals surface area (Å²) in [7, 11) is 1.63. The Morgan fingerprint density at radius 1 is 1.14 bits per heavy atom. The van der Waals surface area contributed by atoms with E-state index in [2.05, 4.69) is 5.32 Å². The lowest BCUT2D eigenvalue weighted by Gasteiger charge is -2.13. The SMILES string of the molecule is COc1cccc([C@H](C)NC(=O)/C=C/c2ccccc2)c1. The highest BCUT2D eigenvalue weighted by Gasteiger charge is 2.08. The molecule has 0 aliphatic heterocycles. The molecule has 0 bridgehead atoms. The summed E-state index contributed by atoms with van der Waals surface area (Å²) >= 11 is 0. The van der Waals surface area contributed by atoms with Crippen molar-refractivity contribution < 1.29 is 9.53 Å². The Kier molecular flexibility index (Phi) is 5.16. The molecular weight excluding hydrogens is 262 g/mol. The van der Waals surface area contributed by atoms with E-state index in [1.54, 1.807) is 19.3 Å². The first-order chi connectivity index (χ1) is 10.2. The van der Waals surface area contributed by atoms with E-state index < -0.39 is 0 Å². The standard InChI is InChI=1S/C18H19NO2/c1-14(16-9-6-10-17(13-16)21-2)19-18(20)12-11-15-7-4-3-5-8-15/h3-14H,1-2H3,(H,19,20)/b12-11+/t14-/m0/s1. The zero-order chi connectivity index (χ0) is 15.1. The number of methoxy groups -OCH3 is 1. The second-order valence-corrected chi connectivity index (χ2v) is 4.75. The van der Waals surface area contributed by atoms with Crippen LogP contribution in [-0.4, -0.2) is 13.0 Å². The maximum Gasteiger partial charge on any atom is 0.244 e. The highest BCUT2D eigenvalue weighted by Crippen LogP contribution is 2.18. The molecule has 0 heterocycles. The van der Waals surface area contributed by atoms with Gasteiger partial charge in [0.1, 0.15) is 5.75 Å². The predicted octanol–water partition coefficient (Wildman–Crippen LogP) is 3.59. The van der Waals surface area contributed by atoms with Gasteiger partial charge in [-0.25, -0.2) is 0 Å². The molecule has 1 atom stereocenters. The van der Waals surface area contributed by atoms with Crippen molar-refractivity contribution in [3.8, 4) is 5.75 Å². The minimum absolute atomic E-state index is 0.0759. The Morgan fingerprint density at radius 3 is 2.62 bits per heavy atom. The summed E-state index contributed by atoms with van der Waals surface area (Å²) in [6.45, 7) is 1.95. The van der Waals surface area contributed by atoms with Gasteiger partial charge >= 0.3 is 0 Å². The number of nitrogens with one attached hydrogen (secondary N) is 1. The van der Waals surface area contributed by atoms with Gasteiger partial charge in [-0.05, 0) is 36.3 Å². The van der Waals surface area contributed by atoms with Crippen LogP contribution in [-0.2, 0) is 4.79 Å². The molecule has 3 nitrogen and oxygen atoms in total. The molecule has 0 aliphatic carbocycles. The van der Waals surface area contributed by atoms with Gasteiger partial charge in [0.2, 0.25) is 5.91 Å². The van der Waals surface area contributed by atoms with Crippen molar-refractivity contribution in [3.63, 3.8) is 0 Å². The number of carbonyl (C=O) groups excluding carboxylic acids is 1. The van der Waals surface area contributed by atoms with Gasteiger partial charge in [-0.2, -0.15) is 0 Å². The second kappa shape index (κ2) is 7.29. The van der Waals surface area contributed by atoms with Gasteiger partial charge in [0.05, 0.1) is 13.2 Å². The summed E-state index contributed by atoms with van der Waals surface area (Å²) in [6, 6.07) is 17.3. The van der Waals surface area contributed by atoms with Gasteiger partial charge in [-0.1, -0.05) is 42.5 Å². The minimum Gasteiger partial charge on any atom is -0.497 e. The fourth-order valence-electron chi connectivity index (χ4n) is 1.99. The largest absolute Gasteiger partial charge is 0.497 e. The van der Waals surface area contributed by atoms with Crippen molar-refractivity contribution >= 4 is 12.0 Å². The van der Waals surface area contributed by atoms with Crippen LogP contribution < -0.4 is 10.1 Å². The minimum atomic E-state index is -0.117. The Hall–Kier alpha value is -2.55. The van der Waals surface area contributed by atoms with Crippen LogP contribution in [0.15, 0.2) is 60.7 Å². The summed E-state index contributed by atoms with van der Waals surface area (Å²) in [5.74, 6) is 0.669. The highest BCUT2D eigenvalue weighted by molar-refractivity contribution is 5.91. The van der Waals surface area contributed by atoms with Crippen molar-refractivity contribution in [3.05, 3.63) is 71.8 Å². The van der Waals surface area contributed by atoms with Gasteiger partial charge in [-0.3, -0.25) is 4.79 Å². The summed E-state index contributed by atoms with van der Waals surface area (Å²) < 4.78 is 5.19. The summed E-state index contributed by atoms with van der Waals surface area (Å²) in [5, 5.41) is 2.94. The molecule has 2 rings (SSSR count). The number of rotatable bonds is 5. The van der Waals surface area contributed by atoms with Crippen LogP contribution >= 0.6 is 0 Å². The van der Waals surface area contributed by atoms with E-state index in [4.69, 9.17) is 4.74 Å². The van der Waals surface area contributed by atoms with Gasteiger partial charge in [-0.15, -0.1) is 0 Å². The van der Waals surface area contributed by atoms with Crippen molar-refractivity contribution in [1.82, 2.24) is 5.32 Å². The maximum atomic E-state index is 11.9. The first kappa shape index (κ1) is 14.9. The van der Waals surface area contributed by atoms with Gasteiger partial charge in [0, 0.05) is 6.08 Å². The lowest BCUT2D eigenvalue weighted by molar-refractivity contribution is -0.117. The van der Waals surface area contributed by atoms with Crippen LogP contribution in [0, 0.1) is 0 Å². The van der Waals surface area contributed by atoms with E-state index in [0.717, 1.165) is 16.9 Å². The van der Waals surface area contributed by atoms with E-state index >= 15 is 0 Å². The number of hydrogen-bond acceptors (Lipinski definition) is 2. The molecule has 2 aromatic rings. The third-order valence-electron chi connectivity index (χ3n) is 3.18. The Labute approximate surface area is 125 Å². The Balaban J connectivity index is 1.97. The highest BCUT2D eigenvalue weighted by atomic mass is 16.5. The molecule has 108 valence electrons. The fraction of sp³-hybridized carbons (Fsp3) is 0.167. The fourth-order valence-corrected chi connectivity index (χ4v) is 1.99. The molecule has 0 fully saturated rings. The molecule has 0 aliphatic rings. The molecule has 1 N–H and O–H groups in total. The molecule has 0 saturated carbocycles. The smallest absolute Gasteiger partial charge is 0.244 e. The van der Waals surface area contributed by atoms with Crippen molar-refractivity contribution in [2.45, 2.75) is 13.0 Å². The van der Waals surface area contributed by atoms with E-state index in [-0.39, 0.29) is 11.9 Å². The zero-order valence-corrected chi connectivity index (χ0v) is 12.2. The number of carbonyl (C=O) groups is 1. The summed E-state index contributed by atoms with van der Waals surface area (Å²) in [4.78, 5) is 11.9. The third kappa shape index (κ3) is 4.49. The van der Waals surface area contributed by atoms with Crippen molar-refractivity contribution in [2.75, 3.05) is 7.11 Å². The van der Waals surface area contributed by atoms with Gasteiger partial charge in [0.15, 0.2) is 0 Å². The van der Waals surface area contributed by atoms with Crippen LogP contribution in [0.2, 0.25) is 0 Å². The van der Waals surface area contributed by atoms with Crippen LogP contribution in [0.5, 0.6) is 5.75 Å². The molecule has 0 saturated heterocycles. The molecule has 0 unspecified atom stereocenters. The molecular formula is C18H19NO2. The average molecular weight is 281 g/mol. The molecule has 3 heteroatoms. The molecule has 1 amide bonds. The maximum absolute atomic E-state index is 11.9. The predicted molar refractivity (Wildman–Crippen MR) is 85.0 cm³/mol. The zero-order valence-electron chi connectivity index (χ0n) is 12.2. The Morgan fingerprint density at radius 2 is 1.90 bits per heavy atom. The quantitative estimate of drug-likeness (QED) is 0.851. The van der Waals surface area contributed by atoms with E-state index in [1.807, 2.05) is 61.5 Å². The topological polar surface area (TPSA) is 38.3 Å². The van der Waals surface area contributed by atoms with Crippen LogP contribution in [0.4, 0.5) is 0 Å². The first-order valence-corrected chi connectivity index (χ1v) is 6.86. The van der Waals surface area contributed by atoms with E-state index in [0.29, 0.717) is 0 Å². The lowest BCUT2D eigenvalue weighted by atomic mass is 10.1. The van der Waals surface area contributed by atoms with Gasteiger partial charge in [0.25, 0.3) is 0 Å². The van der Waals surface area contributed by atoms with E-state index in [1.165, 1.54) is 0 Å². The Bertz CT molecular complexity index is 620. The summed E-state index contributed by atoms with van der Waals surface area (Å²) in [6.07, 6.45) is 3.35. The number of amides is 1. The van der Waals surface area contributed by atoms with Crippen molar-refractivity contribution in [1.29, 1.82) is 0 Å². The third-order valence-corrected chi connectivity index (χ3v) is 3.18. The first-order valence-electron chi connectivity index (χ1n) is 6.86. The second-order valence-electron chi connectivity index (χ2n) is 4.75. The normalized spacial score (nSPS) is 12.1. The van der Waals surface area contributed by atoms with Gasteiger partial charge < -0.3 is 10.1 Å². The summed E-state index contributed by atoms with van der Waals surface area (Å²) in [5.41, 5.74) is 2.01. The van der Waals surface area contributed by atoms with Crippen molar-refractivity contribution in [2.24, 2.45) is 0 Å². The number of ether oxygens (including phenoxy) is 1. The lowest BCUT2D eigenvalue weighted by Crippen LogP contribution is -2.24. The molecule has 2 aromatic carbocycles. The average Bonchev–Trinajstić information content (AvgIpc) is 2.54. The van der Waals surface area contributed by atoms with Crippen LogP contribution in [0.25, 0.3) is 6.08 Å². The molecule has 0 spiro atoms. The number of benzene rings is 2. The van der Waals surface area contributed by atoms with Crippen LogP contribution in [0.3, 0.4) is 0 Å². The molecule has 0 aromatic heterocycles. The monoisotopic (exact) mass is 281 g/mol.